The van der Waals surface area contributed by atoms with Crippen LogP contribution in [0.3, 0.4) is 0 Å². The summed E-state index contributed by atoms with van der Waals surface area (Å²) in [6.45, 7) is 2.04. The minimum Gasteiger partial charge on any atom is -0.397 e. The predicted octanol–water partition coefficient (Wildman–Crippen LogP) is 3.18. The van der Waals surface area contributed by atoms with Gasteiger partial charge in [0.25, 0.3) is 0 Å². The van der Waals surface area contributed by atoms with Crippen LogP contribution in [0.2, 0.25) is 0 Å². The van der Waals surface area contributed by atoms with Gasteiger partial charge in [-0.05, 0) is 12.5 Å². The number of nitrogen functional groups attached to an aromatic ring is 1. The second-order valence-electron chi connectivity index (χ2n) is 3.37. The van der Waals surface area contributed by atoms with Crippen molar-refractivity contribution in [2.45, 2.75) is 6.92 Å². The highest BCUT2D eigenvalue weighted by Crippen LogP contribution is 2.33. The van der Waals surface area contributed by atoms with Gasteiger partial charge < -0.3 is 5.73 Å². The molecule has 0 aliphatic heterocycles. The van der Waals surface area contributed by atoms with Gasteiger partial charge in [-0.25, -0.2) is 0 Å². The molecule has 2 nitrogen and oxygen atoms in total. The number of thiophene rings is 1. The van der Waals surface area contributed by atoms with E-state index in [2.05, 4.69) is 6.07 Å². The first-order valence-electron chi connectivity index (χ1n) is 4.56. The summed E-state index contributed by atoms with van der Waals surface area (Å²) in [4.78, 5) is 0.954. The molecule has 0 fully saturated rings. The van der Waals surface area contributed by atoms with Crippen molar-refractivity contribution < 1.29 is 0 Å². The van der Waals surface area contributed by atoms with Gasteiger partial charge in [-0.2, -0.15) is 5.26 Å². The Morgan fingerprint density at radius 3 is 2.53 bits per heavy atom. The highest BCUT2D eigenvalue weighted by Gasteiger charge is 2.10. The molecular formula is C12H10N2S. The molecule has 0 unspecified atom stereocenters. The van der Waals surface area contributed by atoms with Gasteiger partial charge in [0.05, 0.1) is 16.1 Å². The van der Waals surface area contributed by atoms with Crippen molar-refractivity contribution in [2.75, 3.05) is 5.73 Å². The van der Waals surface area contributed by atoms with Crippen LogP contribution in [-0.4, -0.2) is 0 Å². The number of nitriles is 1. The molecule has 2 rings (SSSR count). The van der Waals surface area contributed by atoms with E-state index in [-0.39, 0.29) is 0 Å². The van der Waals surface area contributed by atoms with E-state index in [0.29, 0.717) is 11.3 Å². The van der Waals surface area contributed by atoms with Crippen LogP contribution in [0.25, 0.3) is 10.4 Å². The van der Waals surface area contributed by atoms with Gasteiger partial charge >= 0.3 is 0 Å². The zero-order valence-electron chi connectivity index (χ0n) is 8.32. The maximum atomic E-state index is 8.98. The van der Waals surface area contributed by atoms with Gasteiger partial charge in [0.2, 0.25) is 0 Å². The SMILES string of the molecule is Cc1ccc(-c2scc(N)c2C#N)cc1. The van der Waals surface area contributed by atoms with Crippen LogP contribution in [-0.2, 0) is 0 Å². The lowest BCUT2D eigenvalue weighted by Gasteiger charge is -1.99. The molecule has 0 radical (unpaired) electrons. The molecule has 0 bridgehead atoms. The summed E-state index contributed by atoms with van der Waals surface area (Å²) < 4.78 is 0. The Labute approximate surface area is 92.6 Å². The number of benzene rings is 1. The predicted molar refractivity (Wildman–Crippen MR) is 63.6 cm³/mol. The quantitative estimate of drug-likeness (QED) is 0.792. The summed E-state index contributed by atoms with van der Waals surface area (Å²) in [6, 6.07) is 10.2. The first-order valence-corrected chi connectivity index (χ1v) is 5.44. The minimum atomic E-state index is 0.568. The van der Waals surface area contributed by atoms with Gasteiger partial charge in [-0.15, -0.1) is 11.3 Å². The van der Waals surface area contributed by atoms with Crippen LogP contribution in [0.1, 0.15) is 11.1 Å². The van der Waals surface area contributed by atoms with Crippen molar-refractivity contribution in [3.63, 3.8) is 0 Å². The molecule has 15 heavy (non-hydrogen) atoms. The molecule has 1 heterocycles. The lowest BCUT2D eigenvalue weighted by atomic mass is 10.1. The second kappa shape index (κ2) is 3.76. The molecule has 0 saturated heterocycles. The van der Waals surface area contributed by atoms with E-state index in [9.17, 15) is 0 Å². The molecule has 3 heteroatoms. The fourth-order valence-electron chi connectivity index (χ4n) is 1.40. The monoisotopic (exact) mass is 214 g/mol. The topological polar surface area (TPSA) is 49.8 Å². The molecule has 0 aliphatic carbocycles. The molecule has 0 amide bonds. The van der Waals surface area contributed by atoms with Crippen LogP contribution >= 0.6 is 11.3 Å². The van der Waals surface area contributed by atoms with Crippen LogP contribution < -0.4 is 5.73 Å². The average molecular weight is 214 g/mol. The zero-order chi connectivity index (χ0) is 10.8. The van der Waals surface area contributed by atoms with E-state index in [1.807, 2.05) is 36.6 Å². The van der Waals surface area contributed by atoms with Crippen molar-refractivity contribution in [2.24, 2.45) is 0 Å². The lowest BCUT2D eigenvalue weighted by molar-refractivity contribution is 1.47. The summed E-state index contributed by atoms with van der Waals surface area (Å²) >= 11 is 1.51. The van der Waals surface area contributed by atoms with Crippen molar-refractivity contribution in [3.8, 4) is 16.5 Å². The number of hydrogen-bond donors (Lipinski definition) is 1. The summed E-state index contributed by atoms with van der Waals surface area (Å²) in [5, 5.41) is 10.8. The Kier molecular flexibility index (Phi) is 2.44. The average Bonchev–Trinajstić information content (AvgIpc) is 2.61. The van der Waals surface area contributed by atoms with Gasteiger partial charge in [-0.1, -0.05) is 29.8 Å². The summed E-state index contributed by atoms with van der Waals surface area (Å²) in [7, 11) is 0. The first kappa shape index (κ1) is 9.75. The maximum Gasteiger partial charge on any atom is 0.103 e. The number of hydrogen-bond acceptors (Lipinski definition) is 3. The Morgan fingerprint density at radius 1 is 1.27 bits per heavy atom. The highest BCUT2D eigenvalue weighted by atomic mass is 32.1. The number of aryl methyl sites for hydroxylation is 1. The van der Waals surface area contributed by atoms with Gasteiger partial charge in [-0.3, -0.25) is 0 Å². The molecule has 0 spiro atoms. The third-order valence-corrected chi connectivity index (χ3v) is 3.29. The molecule has 2 aromatic rings. The van der Waals surface area contributed by atoms with Crippen molar-refractivity contribution >= 4 is 17.0 Å². The number of nitrogens with two attached hydrogens (primary N) is 1. The van der Waals surface area contributed by atoms with Gasteiger partial charge in [0.1, 0.15) is 6.07 Å². The molecule has 1 aromatic heterocycles. The van der Waals surface area contributed by atoms with E-state index in [4.69, 9.17) is 11.0 Å². The third-order valence-electron chi connectivity index (χ3n) is 2.25. The van der Waals surface area contributed by atoms with Crippen molar-refractivity contribution in [1.82, 2.24) is 0 Å². The van der Waals surface area contributed by atoms with Crippen LogP contribution in [0.5, 0.6) is 0 Å². The van der Waals surface area contributed by atoms with E-state index in [1.165, 1.54) is 16.9 Å². The van der Waals surface area contributed by atoms with Gasteiger partial charge in [0.15, 0.2) is 0 Å². The Balaban J connectivity index is 2.55. The number of nitrogens with zero attached hydrogens (tertiary/aromatic N) is 1. The second-order valence-corrected chi connectivity index (χ2v) is 4.25. The van der Waals surface area contributed by atoms with Crippen molar-refractivity contribution in [3.05, 3.63) is 40.8 Å². The minimum absolute atomic E-state index is 0.568. The van der Waals surface area contributed by atoms with Crippen LogP contribution in [0.4, 0.5) is 5.69 Å². The highest BCUT2D eigenvalue weighted by molar-refractivity contribution is 7.14. The summed E-state index contributed by atoms with van der Waals surface area (Å²) in [5.74, 6) is 0. The van der Waals surface area contributed by atoms with Crippen LogP contribution in [0.15, 0.2) is 29.6 Å². The fraction of sp³-hybridized carbons (Fsp3) is 0.0833. The zero-order valence-corrected chi connectivity index (χ0v) is 9.14. The Hall–Kier alpha value is -1.79. The summed E-state index contributed by atoms with van der Waals surface area (Å²) in [5.41, 5.74) is 9.13. The Bertz CT molecular complexity index is 518. The third kappa shape index (κ3) is 1.72. The molecule has 0 saturated carbocycles. The van der Waals surface area contributed by atoms with E-state index < -0.39 is 0 Å². The molecule has 1 aromatic carbocycles. The smallest absolute Gasteiger partial charge is 0.103 e. The largest absolute Gasteiger partial charge is 0.397 e. The molecular weight excluding hydrogens is 204 g/mol. The number of rotatable bonds is 1. The summed E-state index contributed by atoms with van der Waals surface area (Å²) in [6.07, 6.45) is 0. The standard InChI is InChI=1S/C12H10N2S/c1-8-2-4-9(5-3-8)12-10(6-13)11(14)7-15-12/h2-5,7H,14H2,1H3. The normalized spacial score (nSPS) is 9.87. The van der Waals surface area contributed by atoms with E-state index >= 15 is 0 Å². The van der Waals surface area contributed by atoms with Crippen LogP contribution in [0, 0.1) is 18.3 Å². The molecule has 0 atom stereocenters. The Morgan fingerprint density at radius 2 is 1.93 bits per heavy atom. The maximum absolute atomic E-state index is 8.98. The van der Waals surface area contributed by atoms with Crippen molar-refractivity contribution in [1.29, 1.82) is 5.26 Å². The lowest BCUT2D eigenvalue weighted by Crippen LogP contribution is -1.85. The van der Waals surface area contributed by atoms with E-state index in [1.54, 1.807) is 0 Å². The molecule has 0 aliphatic rings. The fourth-order valence-corrected chi connectivity index (χ4v) is 2.32. The first-order chi connectivity index (χ1) is 7.22. The molecule has 74 valence electrons. The number of anilines is 1. The van der Waals surface area contributed by atoms with E-state index in [0.717, 1.165) is 10.4 Å². The van der Waals surface area contributed by atoms with Gasteiger partial charge in [0, 0.05) is 5.38 Å². The molecule has 2 N–H and O–H groups in total.